The number of hydrogen-bond acceptors (Lipinski definition) is 3. The lowest BCUT2D eigenvalue weighted by atomic mass is 10.1. The van der Waals surface area contributed by atoms with Crippen molar-refractivity contribution < 1.29 is 9.53 Å². The van der Waals surface area contributed by atoms with Crippen LogP contribution in [0.15, 0.2) is 18.2 Å². The summed E-state index contributed by atoms with van der Waals surface area (Å²) in [6.45, 7) is 2.03. The Labute approximate surface area is 115 Å². The first-order chi connectivity index (χ1) is 9.20. The van der Waals surface area contributed by atoms with Crippen LogP contribution in [0.5, 0.6) is 0 Å². The third-order valence-electron chi connectivity index (χ3n) is 3.86. The van der Waals surface area contributed by atoms with Gasteiger partial charge in [0.15, 0.2) is 0 Å². The van der Waals surface area contributed by atoms with Crippen LogP contribution in [0.25, 0.3) is 0 Å². The molecular formula is C16H23NO2. The second-order valence-corrected chi connectivity index (χ2v) is 5.35. The second-order valence-electron chi connectivity index (χ2n) is 5.35. The standard InChI is InChI=1S/C16H23NO2/c1-12-11-13(16(18)19-2)9-10-15(12)17-14-7-5-3-4-6-8-14/h9-11,14,17H,3-8H2,1-2H3. The van der Waals surface area contributed by atoms with Gasteiger partial charge in [0.25, 0.3) is 0 Å². The predicted octanol–water partition coefficient (Wildman–Crippen LogP) is 3.92. The summed E-state index contributed by atoms with van der Waals surface area (Å²) in [4.78, 5) is 11.5. The Morgan fingerprint density at radius 2 is 1.89 bits per heavy atom. The van der Waals surface area contributed by atoms with Crippen molar-refractivity contribution in [1.82, 2.24) is 0 Å². The molecule has 0 amide bonds. The van der Waals surface area contributed by atoms with Crippen LogP contribution in [0.4, 0.5) is 5.69 Å². The molecule has 0 aliphatic heterocycles. The lowest BCUT2D eigenvalue weighted by Gasteiger charge is -2.19. The molecule has 19 heavy (non-hydrogen) atoms. The molecule has 0 heterocycles. The van der Waals surface area contributed by atoms with Gasteiger partial charge in [0.1, 0.15) is 0 Å². The number of carbonyl (C=O) groups is 1. The van der Waals surface area contributed by atoms with E-state index in [1.54, 1.807) is 0 Å². The predicted molar refractivity (Wildman–Crippen MR) is 77.6 cm³/mol. The first-order valence-electron chi connectivity index (χ1n) is 7.16. The molecule has 1 fully saturated rings. The van der Waals surface area contributed by atoms with Gasteiger partial charge in [0.05, 0.1) is 12.7 Å². The Morgan fingerprint density at radius 1 is 1.21 bits per heavy atom. The van der Waals surface area contributed by atoms with E-state index < -0.39 is 0 Å². The third kappa shape index (κ3) is 3.72. The van der Waals surface area contributed by atoms with E-state index in [0.29, 0.717) is 11.6 Å². The number of methoxy groups -OCH3 is 1. The third-order valence-corrected chi connectivity index (χ3v) is 3.86. The van der Waals surface area contributed by atoms with Crippen LogP contribution >= 0.6 is 0 Å². The fourth-order valence-corrected chi connectivity index (χ4v) is 2.71. The molecule has 0 unspecified atom stereocenters. The molecule has 1 aliphatic rings. The molecule has 0 spiro atoms. The topological polar surface area (TPSA) is 38.3 Å². The highest BCUT2D eigenvalue weighted by atomic mass is 16.5. The smallest absolute Gasteiger partial charge is 0.337 e. The van der Waals surface area contributed by atoms with Crippen molar-refractivity contribution in [3.05, 3.63) is 29.3 Å². The molecule has 3 nitrogen and oxygen atoms in total. The maximum Gasteiger partial charge on any atom is 0.337 e. The Balaban J connectivity index is 2.05. The highest BCUT2D eigenvalue weighted by molar-refractivity contribution is 5.90. The molecular weight excluding hydrogens is 238 g/mol. The minimum absolute atomic E-state index is 0.274. The van der Waals surface area contributed by atoms with Crippen molar-refractivity contribution in [2.75, 3.05) is 12.4 Å². The zero-order valence-corrected chi connectivity index (χ0v) is 11.9. The largest absolute Gasteiger partial charge is 0.465 e. The van der Waals surface area contributed by atoms with Crippen molar-refractivity contribution in [3.63, 3.8) is 0 Å². The average Bonchev–Trinajstić information content (AvgIpc) is 2.68. The molecule has 1 aliphatic carbocycles. The minimum atomic E-state index is -0.274. The maximum absolute atomic E-state index is 11.5. The highest BCUT2D eigenvalue weighted by Crippen LogP contribution is 2.24. The molecule has 0 saturated heterocycles. The molecule has 1 saturated carbocycles. The summed E-state index contributed by atoms with van der Waals surface area (Å²) in [6.07, 6.45) is 7.85. The number of aryl methyl sites for hydroxylation is 1. The lowest BCUT2D eigenvalue weighted by molar-refractivity contribution is 0.0600. The number of benzene rings is 1. The molecule has 1 N–H and O–H groups in total. The molecule has 0 bridgehead atoms. The van der Waals surface area contributed by atoms with Crippen molar-refractivity contribution in [3.8, 4) is 0 Å². The number of hydrogen-bond donors (Lipinski definition) is 1. The van der Waals surface area contributed by atoms with Gasteiger partial charge in [-0.2, -0.15) is 0 Å². The van der Waals surface area contributed by atoms with Gasteiger partial charge in [-0.05, 0) is 43.5 Å². The second kappa shape index (κ2) is 6.60. The summed E-state index contributed by atoms with van der Waals surface area (Å²) < 4.78 is 4.74. The Hall–Kier alpha value is -1.51. The Bertz CT molecular complexity index is 434. The van der Waals surface area contributed by atoms with Crippen molar-refractivity contribution in [2.45, 2.75) is 51.5 Å². The van der Waals surface area contributed by atoms with Crippen LogP contribution in [0.1, 0.15) is 54.4 Å². The monoisotopic (exact) mass is 261 g/mol. The van der Waals surface area contributed by atoms with Crippen LogP contribution < -0.4 is 5.32 Å². The van der Waals surface area contributed by atoms with E-state index in [1.807, 2.05) is 25.1 Å². The van der Waals surface area contributed by atoms with Crippen molar-refractivity contribution >= 4 is 11.7 Å². The first-order valence-corrected chi connectivity index (χ1v) is 7.16. The Morgan fingerprint density at radius 3 is 2.47 bits per heavy atom. The average molecular weight is 261 g/mol. The van der Waals surface area contributed by atoms with E-state index in [1.165, 1.54) is 45.6 Å². The first kappa shape index (κ1) is 13.9. The molecule has 0 radical (unpaired) electrons. The van der Waals surface area contributed by atoms with E-state index >= 15 is 0 Å². The molecule has 3 heteroatoms. The maximum atomic E-state index is 11.5. The summed E-state index contributed by atoms with van der Waals surface area (Å²) in [6, 6.07) is 6.29. The van der Waals surface area contributed by atoms with Crippen molar-refractivity contribution in [1.29, 1.82) is 0 Å². The molecule has 0 aromatic heterocycles. The van der Waals surface area contributed by atoms with Crippen LogP contribution in [0, 0.1) is 6.92 Å². The quantitative estimate of drug-likeness (QED) is 0.662. The molecule has 1 aromatic carbocycles. The van der Waals surface area contributed by atoms with Gasteiger partial charge in [-0.25, -0.2) is 4.79 Å². The van der Waals surface area contributed by atoms with E-state index in [2.05, 4.69) is 5.32 Å². The molecule has 1 aromatic rings. The van der Waals surface area contributed by atoms with Gasteiger partial charge < -0.3 is 10.1 Å². The normalized spacial score (nSPS) is 16.7. The summed E-state index contributed by atoms with van der Waals surface area (Å²) in [5.74, 6) is -0.274. The summed E-state index contributed by atoms with van der Waals surface area (Å²) in [5, 5.41) is 3.62. The van der Waals surface area contributed by atoms with E-state index in [9.17, 15) is 4.79 Å². The van der Waals surface area contributed by atoms with E-state index in [-0.39, 0.29) is 5.97 Å². The molecule has 2 rings (SSSR count). The van der Waals surface area contributed by atoms with Gasteiger partial charge in [-0.1, -0.05) is 25.7 Å². The number of rotatable bonds is 3. The number of esters is 1. The van der Waals surface area contributed by atoms with Crippen LogP contribution in [-0.2, 0) is 4.74 Å². The fraction of sp³-hybridized carbons (Fsp3) is 0.562. The van der Waals surface area contributed by atoms with Crippen LogP contribution in [0.2, 0.25) is 0 Å². The van der Waals surface area contributed by atoms with Gasteiger partial charge in [0.2, 0.25) is 0 Å². The van der Waals surface area contributed by atoms with E-state index in [4.69, 9.17) is 4.74 Å². The molecule has 0 atom stereocenters. The van der Waals surface area contributed by atoms with Crippen LogP contribution in [-0.4, -0.2) is 19.1 Å². The fourth-order valence-electron chi connectivity index (χ4n) is 2.71. The van der Waals surface area contributed by atoms with Gasteiger partial charge in [-0.3, -0.25) is 0 Å². The van der Waals surface area contributed by atoms with Crippen molar-refractivity contribution in [2.24, 2.45) is 0 Å². The minimum Gasteiger partial charge on any atom is -0.465 e. The number of carbonyl (C=O) groups excluding carboxylic acids is 1. The summed E-state index contributed by atoms with van der Waals surface area (Å²) in [5.41, 5.74) is 2.86. The zero-order valence-electron chi connectivity index (χ0n) is 11.9. The van der Waals surface area contributed by atoms with Gasteiger partial charge in [-0.15, -0.1) is 0 Å². The van der Waals surface area contributed by atoms with E-state index in [0.717, 1.165) is 11.3 Å². The molecule has 104 valence electrons. The lowest BCUT2D eigenvalue weighted by Crippen LogP contribution is -2.19. The SMILES string of the molecule is COC(=O)c1ccc(NC2CCCCCC2)c(C)c1. The Kier molecular flexibility index (Phi) is 4.83. The summed E-state index contributed by atoms with van der Waals surface area (Å²) >= 11 is 0. The van der Waals surface area contributed by atoms with Crippen LogP contribution in [0.3, 0.4) is 0 Å². The number of nitrogens with one attached hydrogen (secondary N) is 1. The number of anilines is 1. The van der Waals surface area contributed by atoms with Gasteiger partial charge in [0, 0.05) is 11.7 Å². The summed E-state index contributed by atoms with van der Waals surface area (Å²) in [7, 11) is 1.41. The van der Waals surface area contributed by atoms with Gasteiger partial charge >= 0.3 is 5.97 Å². The zero-order chi connectivity index (χ0) is 13.7. The number of ether oxygens (including phenoxy) is 1. The highest BCUT2D eigenvalue weighted by Gasteiger charge is 2.13.